The van der Waals surface area contributed by atoms with Crippen molar-refractivity contribution in [2.24, 2.45) is 0 Å². The summed E-state index contributed by atoms with van der Waals surface area (Å²) < 4.78 is 10.7. The highest BCUT2D eigenvalue weighted by Gasteiger charge is 1.94. The molecule has 1 atom stereocenters. The lowest BCUT2D eigenvalue weighted by Crippen LogP contribution is -2.19. The van der Waals surface area contributed by atoms with Gasteiger partial charge in [0.2, 0.25) is 0 Å². The number of nitrogens with zero attached hydrogens (tertiary/aromatic N) is 1. The standard InChI is InChI=1S/C7H12N2OS2/c1-12(10)5-3-8-6-7-9-2-4-11-7/h2,4,8H,3,5-6H2,1H3. The van der Waals surface area contributed by atoms with E-state index in [4.69, 9.17) is 0 Å². The zero-order valence-electron chi connectivity index (χ0n) is 6.95. The van der Waals surface area contributed by atoms with Crippen LogP contribution < -0.4 is 5.32 Å². The van der Waals surface area contributed by atoms with Crippen molar-refractivity contribution in [2.45, 2.75) is 6.54 Å². The Morgan fingerprint density at radius 3 is 3.17 bits per heavy atom. The molecule has 1 aromatic heterocycles. The van der Waals surface area contributed by atoms with Crippen molar-refractivity contribution < 1.29 is 4.21 Å². The molecule has 0 aliphatic rings. The van der Waals surface area contributed by atoms with Crippen LogP contribution in [0.5, 0.6) is 0 Å². The van der Waals surface area contributed by atoms with Crippen molar-refractivity contribution in [1.82, 2.24) is 10.3 Å². The molecule has 0 aliphatic carbocycles. The smallest absolute Gasteiger partial charge is 0.106 e. The van der Waals surface area contributed by atoms with Crippen molar-refractivity contribution in [3.05, 3.63) is 16.6 Å². The molecule has 0 radical (unpaired) electrons. The fourth-order valence-corrected chi connectivity index (χ4v) is 1.77. The molecule has 0 aromatic carbocycles. The van der Waals surface area contributed by atoms with Gasteiger partial charge in [0.1, 0.15) is 5.01 Å². The van der Waals surface area contributed by atoms with E-state index in [1.54, 1.807) is 23.8 Å². The average molecular weight is 204 g/mol. The van der Waals surface area contributed by atoms with E-state index in [0.29, 0.717) is 5.75 Å². The van der Waals surface area contributed by atoms with Gasteiger partial charge in [-0.2, -0.15) is 0 Å². The summed E-state index contributed by atoms with van der Waals surface area (Å²) in [5, 5.41) is 6.21. The van der Waals surface area contributed by atoms with Crippen LogP contribution in [0, 0.1) is 0 Å². The fraction of sp³-hybridized carbons (Fsp3) is 0.571. The van der Waals surface area contributed by atoms with E-state index in [9.17, 15) is 4.21 Å². The Kier molecular flexibility index (Phi) is 4.42. The highest BCUT2D eigenvalue weighted by Crippen LogP contribution is 2.01. The SMILES string of the molecule is CS(=O)CCNCc1nccs1. The van der Waals surface area contributed by atoms with Crippen molar-refractivity contribution in [2.75, 3.05) is 18.6 Å². The molecule has 1 N–H and O–H groups in total. The summed E-state index contributed by atoms with van der Waals surface area (Å²) in [5.74, 6) is 0.714. The second-order valence-electron chi connectivity index (χ2n) is 2.38. The first-order chi connectivity index (χ1) is 5.79. The number of rotatable bonds is 5. The first-order valence-corrected chi connectivity index (χ1v) is 6.29. The minimum atomic E-state index is -0.693. The van der Waals surface area contributed by atoms with Gasteiger partial charge in [-0.25, -0.2) is 4.98 Å². The summed E-state index contributed by atoms with van der Waals surface area (Å²) in [4.78, 5) is 4.11. The maximum atomic E-state index is 10.7. The van der Waals surface area contributed by atoms with Gasteiger partial charge in [-0.15, -0.1) is 11.3 Å². The lowest BCUT2D eigenvalue weighted by Gasteiger charge is -1.99. The molecule has 1 rings (SSSR count). The highest BCUT2D eigenvalue weighted by atomic mass is 32.2. The minimum absolute atomic E-state index is 0.693. The van der Waals surface area contributed by atoms with Gasteiger partial charge < -0.3 is 5.32 Å². The van der Waals surface area contributed by atoms with Gasteiger partial charge in [-0.05, 0) is 0 Å². The van der Waals surface area contributed by atoms with E-state index in [0.717, 1.165) is 18.1 Å². The highest BCUT2D eigenvalue weighted by molar-refractivity contribution is 7.84. The van der Waals surface area contributed by atoms with Crippen molar-refractivity contribution in [3.8, 4) is 0 Å². The predicted octanol–water partition coefficient (Wildman–Crippen LogP) is 0.611. The summed E-state index contributed by atoms with van der Waals surface area (Å²) in [6.45, 7) is 1.58. The molecular formula is C7H12N2OS2. The number of hydrogen-bond donors (Lipinski definition) is 1. The van der Waals surface area contributed by atoms with Crippen LogP contribution in [-0.4, -0.2) is 27.7 Å². The van der Waals surface area contributed by atoms with E-state index in [1.807, 2.05) is 5.38 Å². The Balaban J connectivity index is 2.07. The Bertz CT molecular complexity index is 236. The van der Waals surface area contributed by atoms with Crippen LogP contribution >= 0.6 is 11.3 Å². The largest absolute Gasteiger partial charge is 0.310 e. The van der Waals surface area contributed by atoms with Crippen molar-refractivity contribution >= 4 is 22.1 Å². The minimum Gasteiger partial charge on any atom is -0.310 e. The predicted molar refractivity (Wildman–Crippen MR) is 52.8 cm³/mol. The Hall–Kier alpha value is -0.260. The van der Waals surface area contributed by atoms with Crippen LogP contribution in [0.25, 0.3) is 0 Å². The van der Waals surface area contributed by atoms with Gasteiger partial charge in [0.15, 0.2) is 0 Å². The zero-order valence-corrected chi connectivity index (χ0v) is 8.58. The maximum absolute atomic E-state index is 10.7. The van der Waals surface area contributed by atoms with E-state index in [-0.39, 0.29) is 0 Å². The van der Waals surface area contributed by atoms with E-state index in [2.05, 4.69) is 10.3 Å². The summed E-state index contributed by atoms with van der Waals surface area (Å²) in [6, 6.07) is 0. The molecule has 0 spiro atoms. The van der Waals surface area contributed by atoms with Crippen LogP contribution in [0.2, 0.25) is 0 Å². The molecule has 3 nitrogen and oxygen atoms in total. The lowest BCUT2D eigenvalue weighted by molar-refractivity contribution is 0.676. The Morgan fingerprint density at radius 1 is 1.75 bits per heavy atom. The van der Waals surface area contributed by atoms with Gasteiger partial charge in [0, 0.05) is 47.5 Å². The van der Waals surface area contributed by atoms with Crippen LogP contribution in [0.15, 0.2) is 11.6 Å². The molecule has 68 valence electrons. The molecule has 0 amide bonds. The van der Waals surface area contributed by atoms with Crippen LogP contribution in [0.4, 0.5) is 0 Å². The molecule has 5 heteroatoms. The first kappa shape index (κ1) is 9.83. The number of thiazole rings is 1. The summed E-state index contributed by atoms with van der Waals surface area (Å²) in [6.07, 6.45) is 3.50. The molecule has 12 heavy (non-hydrogen) atoms. The topological polar surface area (TPSA) is 42.0 Å². The number of nitrogens with one attached hydrogen (secondary N) is 1. The summed E-state index contributed by atoms with van der Waals surface area (Å²) in [5.41, 5.74) is 0. The van der Waals surface area contributed by atoms with Crippen molar-refractivity contribution in [1.29, 1.82) is 0 Å². The number of hydrogen-bond acceptors (Lipinski definition) is 4. The first-order valence-electron chi connectivity index (χ1n) is 3.68. The normalized spacial score (nSPS) is 13.1. The van der Waals surface area contributed by atoms with Crippen LogP contribution in [0.1, 0.15) is 5.01 Å². The Labute approximate surface area is 78.7 Å². The fourth-order valence-electron chi connectivity index (χ4n) is 0.751. The lowest BCUT2D eigenvalue weighted by atomic mass is 10.6. The van der Waals surface area contributed by atoms with Gasteiger partial charge in [-0.1, -0.05) is 0 Å². The molecule has 0 aliphatic heterocycles. The monoisotopic (exact) mass is 204 g/mol. The second-order valence-corrected chi connectivity index (χ2v) is 4.91. The van der Waals surface area contributed by atoms with Crippen LogP contribution in [-0.2, 0) is 17.3 Å². The van der Waals surface area contributed by atoms with E-state index >= 15 is 0 Å². The molecule has 1 heterocycles. The molecular weight excluding hydrogens is 192 g/mol. The van der Waals surface area contributed by atoms with Crippen LogP contribution in [0.3, 0.4) is 0 Å². The zero-order chi connectivity index (χ0) is 8.81. The van der Waals surface area contributed by atoms with Gasteiger partial charge in [-0.3, -0.25) is 4.21 Å². The van der Waals surface area contributed by atoms with E-state index in [1.165, 1.54) is 0 Å². The third-order valence-corrected chi connectivity index (χ3v) is 2.88. The summed E-state index contributed by atoms with van der Waals surface area (Å²) in [7, 11) is -0.693. The molecule has 0 saturated heterocycles. The third kappa shape index (κ3) is 3.94. The Morgan fingerprint density at radius 2 is 2.58 bits per heavy atom. The molecule has 0 bridgehead atoms. The molecule has 1 aromatic rings. The summed E-state index contributed by atoms with van der Waals surface area (Å²) >= 11 is 1.63. The second kappa shape index (κ2) is 5.40. The molecule has 0 fully saturated rings. The molecule has 0 saturated carbocycles. The van der Waals surface area contributed by atoms with Gasteiger partial charge >= 0.3 is 0 Å². The molecule has 1 unspecified atom stereocenters. The third-order valence-electron chi connectivity index (χ3n) is 1.33. The maximum Gasteiger partial charge on any atom is 0.106 e. The van der Waals surface area contributed by atoms with Gasteiger partial charge in [0.25, 0.3) is 0 Å². The quantitative estimate of drug-likeness (QED) is 0.715. The van der Waals surface area contributed by atoms with E-state index < -0.39 is 10.8 Å². The van der Waals surface area contributed by atoms with Gasteiger partial charge in [0.05, 0.1) is 0 Å². The van der Waals surface area contributed by atoms with Crippen molar-refractivity contribution in [3.63, 3.8) is 0 Å². The number of aromatic nitrogens is 1. The average Bonchev–Trinajstić information content (AvgIpc) is 2.49.